The fourth-order valence-electron chi connectivity index (χ4n) is 4.12. The van der Waals surface area contributed by atoms with E-state index in [1.165, 1.54) is 0 Å². The molecule has 0 radical (unpaired) electrons. The molecule has 6 rings (SSSR count). The Labute approximate surface area is 210 Å². The molecule has 0 aliphatic rings. The van der Waals surface area contributed by atoms with Gasteiger partial charge in [-0.3, -0.25) is 0 Å². The van der Waals surface area contributed by atoms with Crippen molar-refractivity contribution in [1.82, 2.24) is 0 Å². The van der Waals surface area contributed by atoms with Gasteiger partial charge in [0.15, 0.2) is 0 Å². The summed E-state index contributed by atoms with van der Waals surface area (Å²) in [5.41, 5.74) is 1.66. The number of rotatable bonds is 1. The van der Waals surface area contributed by atoms with Gasteiger partial charge in [-0.05, 0) is 86.0 Å². The lowest BCUT2D eigenvalue weighted by Gasteiger charge is -2.06. The van der Waals surface area contributed by atoms with Gasteiger partial charge in [0, 0.05) is 24.2 Å². The minimum Gasteiger partial charge on any atom is -0.416 e. The second-order valence-corrected chi connectivity index (χ2v) is 11.5. The van der Waals surface area contributed by atoms with E-state index in [4.69, 9.17) is 8.39 Å². The summed E-state index contributed by atoms with van der Waals surface area (Å²) in [6, 6.07) is 29.2. The van der Waals surface area contributed by atoms with Crippen molar-refractivity contribution in [2.24, 2.45) is 0 Å². The molecular weight excluding hydrogens is 615 g/mol. The molecule has 1 aromatic heterocycles. The third-order valence-electron chi connectivity index (χ3n) is 5.55. The average molecular weight is 629 g/mol. The Hall–Kier alpha value is -2.04. The zero-order valence-electron chi connectivity index (χ0n) is 16.5. The zero-order chi connectivity index (χ0) is 21.8. The van der Waals surface area contributed by atoms with Crippen molar-refractivity contribution in [2.45, 2.75) is 0 Å². The molecule has 0 atom stereocenters. The highest BCUT2D eigenvalue weighted by molar-refractivity contribution is 9.11. The van der Waals surface area contributed by atoms with Crippen LogP contribution in [0.15, 0.2) is 107 Å². The molecule has 1 heterocycles. The van der Waals surface area contributed by atoms with Gasteiger partial charge in [0.1, 0.15) is 11.2 Å². The van der Waals surface area contributed by atoms with E-state index in [1.807, 2.05) is 18.2 Å². The maximum atomic E-state index is 6.61. The van der Waals surface area contributed by atoms with Gasteiger partial charge in [-0.2, -0.15) is 0 Å². The van der Waals surface area contributed by atoms with Crippen molar-refractivity contribution in [3.63, 3.8) is 0 Å². The van der Waals surface area contributed by atoms with E-state index in [1.54, 1.807) is 0 Å². The van der Waals surface area contributed by atoms with Crippen molar-refractivity contribution in [3.8, 4) is 5.30 Å². The van der Waals surface area contributed by atoms with Crippen LogP contribution in [0.1, 0.15) is 0 Å². The van der Waals surface area contributed by atoms with Gasteiger partial charge < -0.3 is 8.39 Å². The molecule has 0 bridgehead atoms. The largest absolute Gasteiger partial charge is 0.416 e. The van der Waals surface area contributed by atoms with Crippen LogP contribution < -0.4 is 0 Å². The molecule has 6 aromatic rings. The van der Waals surface area contributed by atoms with Crippen LogP contribution in [0.2, 0.25) is 0 Å². The third kappa shape index (κ3) is 3.43. The predicted octanol–water partition coefficient (Wildman–Crippen LogP) is 10.9. The number of benzene rings is 5. The Morgan fingerprint density at radius 3 is 1.62 bits per heavy atom. The van der Waals surface area contributed by atoms with Crippen LogP contribution in [0.25, 0.3) is 48.8 Å². The summed E-state index contributed by atoms with van der Waals surface area (Å²) in [5.74, 6) is 0. The van der Waals surface area contributed by atoms with Crippen LogP contribution in [0.4, 0.5) is 0 Å². The highest BCUT2D eigenvalue weighted by atomic mass is 79.9. The average Bonchev–Trinajstić information content (AvgIpc) is 2.96. The molecule has 0 N–H and O–H groups in total. The first-order chi connectivity index (χ1) is 15.6. The predicted molar refractivity (Wildman–Crippen MR) is 146 cm³/mol. The lowest BCUT2D eigenvalue weighted by molar-refractivity contribution is 0.651. The van der Waals surface area contributed by atoms with Crippen molar-refractivity contribution in [1.29, 1.82) is 0 Å². The molecule has 156 valence electrons. The summed E-state index contributed by atoms with van der Waals surface area (Å²) in [6.45, 7) is 0. The van der Waals surface area contributed by atoms with Crippen LogP contribution >= 0.6 is 55.8 Å². The van der Waals surface area contributed by atoms with Gasteiger partial charge in [0.2, 0.25) is 0 Å². The fourth-order valence-corrected chi connectivity index (χ4v) is 6.95. The minimum absolute atomic E-state index is 0.829. The second kappa shape index (κ2) is 8.07. The Balaban J connectivity index is 1.91. The standard InChI is InChI=1S/C26H14Br3O2P/c27-17-7-9-19-15(13-17)5-11-22-25(19)26-20-10-8-18(28)14-16(20)6-12-23(26)31-32(30-22)24-4-2-1-3-21(24)29/h1-14H. The lowest BCUT2D eigenvalue weighted by atomic mass is 9.99. The molecule has 0 spiro atoms. The smallest absolute Gasteiger partial charge is 0.254 e. The van der Waals surface area contributed by atoms with Crippen LogP contribution in [0, 0.1) is 0 Å². The summed E-state index contributed by atoms with van der Waals surface area (Å²) < 4.78 is 16.3. The highest BCUT2D eigenvalue weighted by Gasteiger charge is 2.15. The van der Waals surface area contributed by atoms with Crippen molar-refractivity contribution >= 4 is 99.3 Å². The van der Waals surface area contributed by atoms with Gasteiger partial charge in [0.25, 0.3) is 8.01 Å². The van der Waals surface area contributed by atoms with Gasteiger partial charge in [-0.1, -0.05) is 68.3 Å². The molecular formula is C26H14Br3O2P. The SMILES string of the molecule is Brc1ccc2c(ccc3op(-c4ccccc4Br)oc4ccc5cc(Br)ccc5c4c32)c1. The van der Waals surface area contributed by atoms with E-state index < -0.39 is 8.01 Å². The van der Waals surface area contributed by atoms with Crippen LogP contribution in [-0.4, -0.2) is 0 Å². The van der Waals surface area contributed by atoms with Gasteiger partial charge in [0.05, 0.1) is 5.30 Å². The third-order valence-corrected chi connectivity index (χ3v) is 9.04. The first-order valence-corrected chi connectivity index (χ1v) is 13.5. The minimum atomic E-state index is -1.38. The molecule has 0 aliphatic carbocycles. The summed E-state index contributed by atoms with van der Waals surface area (Å²) in [7, 11) is -1.38. The normalized spacial score (nSPS) is 11.6. The highest BCUT2D eigenvalue weighted by Crippen LogP contribution is 2.48. The summed E-state index contributed by atoms with van der Waals surface area (Å²) in [5, 5.41) is 7.70. The van der Waals surface area contributed by atoms with E-state index in [0.717, 1.165) is 62.2 Å². The Morgan fingerprint density at radius 1 is 0.562 bits per heavy atom. The van der Waals surface area contributed by atoms with E-state index in [9.17, 15) is 0 Å². The molecule has 0 amide bonds. The first kappa shape index (κ1) is 20.6. The summed E-state index contributed by atoms with van der Waals surface area (Å²) >= 11 is 10.9. The number of hydrogen-bond donors (Lipinski definition) is 0. The monoisotopic (exact) mass is 626 g/mol. The Morgan fingerprint density at radius 2 is 1.09 bits per heavy atom. The number of hydrogen-bond acceptors (Lipinski definition) is 2. The number of fused-ring (bicyclic) bond motifs is 7. The van der Waals surface area contributed by atoms with Crippen molar-refractivity contribution in [3.05, 3.63) is 98.3 Å². The van der Waals surface area contributed by atoms with E-state index in [2.05, 4.69) is 115 Å². The molecule has 0 fully saturated rings. The Bertz CT molecular complexity index is 1620. The molecule has 0 saturated carbocycles. The zero-order valence-corrected chi connectivity index (χ0v) is 22.1. The fraction of sp³-hybridized carbons (Fsp3) is 0. The van der Waals surface area contributed by atoms with Gasteiger partial charge in [-0.15, -0.1) is 0 Å². The second-order valence-electron chi connectivity index (χ2n) is 7.50. The van der Waals surface area contributed by atoms with E-state index in [-0.39, 0.29) is 0 Å². The van der Waals surface area contributed by atoms with Crippen LogP contribution in [0.5, 0.6) is 0 Å². The van der Waals surface area contributed by atoms with Gasteiger partial charge in [-0.25, -0.2) is 0 Å². The summed E-state index contributed by atoms with van der Waals surface area (Å²) in [6.07, 6.45) is 0. The van der Waals surface area contributed by atoms with E-state index in [0.29, 0.717) is 0 Å². The topological polar surface area (TPSA) is 26.3 Å². The number of halogens is 3. The maximum Gasteiger partial charge on any atom is 0.254 e. The van der Waals surface area contributed by atoms with E-state index >= 15 is 0 Å². The molecule has 0 unspecified atom stereocenters. The van der Waals surface area contributed by atoms with Gasteiger partial charge >= 0.3 is 0 Å². The molecule has 0 saturated heterocycles. The first-order valence-electron chi connectivity index (χ1n) is 9.94. The quantitative estimate of drug-likeness (QED) is 0.181. The Kier molecular flexibility index (Phi) is 5.19. The lowest BCUT2D eigenvalue weighted by Crippen LogP contribution is -1.81. The molecule has 5 aromatic carbocycles. The van der Waals surface area contributed by atoms with Crippen molar-refractivity contribution < 1.29 is 8.39 Å². The van der Waals surface area contributed by atoms with Crippen molar-refractivity contribution in [2.75, 3.05) is 0 Å². The summed E-state index contributed by atoms with van der Waals surface area (Å²) in [4.78, 5) is 0. The molecule has 32 heavy (non-hydrogen) atoms. The maximum absolute atomic E-state index is 6.61. The molecule has 6 heteroatoms. The van der Waals surface area contributed by atoms with Crippen LogP contribution in [0.3, 0.4) is 0 Å². The van der Waals surface area contributed by atoms with Crippen LogP contribution in [-0.2, 0) is 0 Å². The molecule has 0 aliphatic heterocycles. The molecule has 2 nitrogen and oxygen atoms in total.